The molecule has 0 aliphatic heterocycles. The first kappa shape index (κ1) is 28.2. The Hall–Kier alpha value is -6.63. The number of benzene rings is 7. The van der Waals surface area contributed by atoms with Gasteiger partial charge < -0.3 is 8.98 Å². The van der Waals surface area contributed by atoms with E-state index in [4.69, 9.17) is 19.4 Å². The third-order valence-electron chi connectivity index (χ3n) is 9.84. The quantitative estimate of drug-likeness (QED) is 0.187. The minimum atomic E-state index is 0.623. The largest absolute Gasteiger partial charge is 0.454 e. The maximum atomic E-state index is 6.73. The summed E-state index contributed by atoms with van der Waals surface area (Å²) >= 11 is 1.79. The molecule has 0 atom stereocenters. The predicted molar refractivity (Wildman–Crippen MR) is 211 cm³/mol. The van der Waals surface area contributed by atoms with E-state index in [0.29, 0.717) is 17.5 Å². The summed E-state index contributed by atoms with van der Waals surface area (Å²) in [7, 11) is 0. The van der Waals surface area contributed by atoms with Crippen molar-refractivity contribution in [3.8, 4) is 39.9 Å². The highest BCUT2D eigenvalue weighted by Gasteiger charge is 2.23. The van der Waals surface area contributed by atoms with Gasteiger partial charge in [0.2, 0.25) is 0 Å². The number of hydrogen-bond acceptors (Lipinski definition) is 5. The number of nitrogens with zero attached hydrogens (tertiary/aromatic N) is 4. The van der Waals surface area contributed by atoms with Gasteiger partial charge in [0.05, 0.1) is 16.7 Å². The molecule has 0 bridgehead atoms. The van der Waals surface area contributed by atoms with Crippen LogP contribution in [0.15, 0.2) is 162 Å². The van der Waals surface area contributed by atoms with E-state index in [-0.39, 0.29) is 0 Å². The summed E-state index contributed by atoms with van der Waals surface area (Å²) in [5.74, 6) is 1.90. The molecule has 4 heterocycles. The molecule has 0 saturated heterocycles. The van der Waals surface area contributed by atoms with Gasteiger partial charge in [-0.2, -0.15) is 0 Å². The van der Waals surface area contributed by atoms with Crippen molar-refractivity contribution < 1.29 is 4.42 Å². The number of aromatic nitrogens is 4. The molecule has 0 aliphatic carbocycles. The molecule has 0 aliphatic rings. The summed E-state index contributed by atoms with van der Waals surface area (Å²) in [6.45, 7) is 0. The van der Waals surface area contributed by atoms with Crippen molar-refractivity contribution in [2.45, 2.75) is 0 Å². The molecule has 7 aromatic carbocycles. The normalized spacial score (nSPS) is 11.9. The zero-order valence-corrected chi connectivity index (χ0v) is 27.9. The van der Waals surface area contributed by atoms with Crippen LogP contribution in [-0.4, -0.2) is 19.5 Å². The molecule has 51 heavy (non-hydrogen) atoms. The van der Waals surface area contributed by atoms with Crippen molar-refractivity contribution in [3.63, 3.8) is 0 Å². The van der Waals surface area contributed by atoms with Gasteiger partial charge >= 0.3 is 0 Å². The molecule has 4 aromatic heterocycles. The third kappa shape index (κ3) is 4.30. The maximum Gasteiger partial charge on any atom is 0.164 e. The first-order chi connectivity index (χ1) is 25.3. The molecule has 11 rings (SSSR count). The Labute approximate surface area is 295 Å². The van der Waals surface area contributed by atoms with Crippen LogP contribution in [0.3, 0.4) is 0 Å². The average Bonchev–Trinajstić information content (AvgIpc) is 3.88. The van der Waals surface area contributed by atoms with Crippen LogP contribution in [0.2, 0.25) is 0 Å². The molecule has 238 valence electrons. The highest BCUT2D eigenvalue weighted by atomic mass is 32.1. The van der Waals surface area contributed by atoms with E-state index in [9.17, 15) is 0 Å². The van der Waals surface area contributed by atoms with Gasteiger partial charge in [-0.3, -0.25) is 0 Å². The molecule has 0 fully saturated rings. The Kier molecular flexibility index (Phi) is 6.05. The van der Waals surface area contributed by atoms with Crippen molar-refractivity contribution in [2.75, 3.05) is 0 Å². The fourth-order valence-corrected chi connectivity index (χ4v) is 8.72. The van der Waals surface area contributed by atoms with Gasteiger partial charge in [0, 0.05) is 58.4 Å². The van der Waals surface area contributed by atoms with Crippen molar-refractivity contribution in [2.24, 2.45) is 0 Å². The minimum Gasteiger partial charge on any atom is -0.454 e. The van der Waals surface area contributed by atoms with Gasteiger partial charge in [-0.05, 0) is 36.4 Å². The SMILES string of the molecule is c1ccc(-c2nc(-c3ccccc3)nc(-c3cc(-n4c5ccccc5c5ccc6c7ccccc7oc6c54)c4c(c3)sc3ccccc34)n2)cc1. The molecular formula is C45H26N4OS. The van der Waals surface area contributed by atoms with E-state index in [1.165, 1.54) is 20.9 Å². The Balaban J connectivity index is 1.28. The van der Waals surface area contributed by atoms with E-state index < -0.39 is 0 Å². The molecule has 0 N–H and O–H groups in total. The first-order valence-corrected chi connectivity index (χ1v) is 17.8. The highest BCUT2D eigenvalue weighted by Crippen LogP contribution is 2.45. The van der Waals surface area contributed by atoms with Gasteiger partial charge in [0.1, 0.15) is 5.58 Å². The Bertz CT molecular complexity index is 3080. The number of para-hydroxylation sites is 2. The van der Waals surface area contributed by atoms with E-state index >= 15 is 0 Å². The molecule has 0 unspecified atom stereocenters. The fraction of sp³-hybridized carbons (Fsp3) is 0. The summed E-state index contributed by atoms with van der Waals surface area (Å²) in [6.07, 6.45) is 0. The summed E-state index contributed by atoms with van der Waals surface area (Å²) < 4.78 is 11.5. The van der Waals surface area contributed by atoms with Crippen molar-refractivity contribution >= 4 is 75.3 Å². The molecule has 0 saturated carbocycles. The second-order valence-corrected chi connectivity index (χ2v) is 13.9. The maximum absolute atomic E-state index is 6.73. The highest BCUT2D eigenvalue weighted by molar-refractivity contribution is 7.26. The number of thiophene rings is 1. The Morgan fingerprint density at radius 1 is 0.451 bits per heavy atom. The fourth-order valence-electron chi connectivity index (χ4n) is 7.56. The van der Waals surface area contributed by atoms with Crippen molar-refractivity contribution in [1.82, 2.24) is 19.5 Å². The zero-order valence-electron chi connectivity index (χ0n) is 27.1. The van der Waals surface area contributed by atoms with Gasteiger partial charge in [-0.25, -0.2) is 15.0 Å². The molecule has 0 amide bonds. The summed E-state index contributed by atoms with van der Waals surface area (Å²) in [5.41, 5.74) is 7.77. The second kappa shape index (κ2) is 10.9. The molecule has 0 radical (unpaired) electrons. The molecule has 5 nitrogen and oxygen atoms in total. The average molecular weight is 671 g/mol. The van der Waals surface area contributed by atoms with Gasteiger partial charge in [0.15, 0.2) is 23.1 Å². The lowest BCUT2D eigenvalue weighted by molar-refractivity contribution is 0.671. The first-order valence-electron chi connectivity index (χ1n) is 16.9. The lowest BCUT2D eigenvalue weighted by Crippen LogP contribution is -2.01. The number of furan rings is 1. The zero-order chi connectivity index (χ0) is 33.5. The number of fused-ring (bicyclic) bond motifs is 10. The lowest BCUT2D eigenvalue weighted by atomic mass is 10.1. The van der Waals surface area contributed by atoms with Crippen LogP contribution < -0.4 is 0 Å². The van der Waals surface area contributed by atoms with Crippen molar-refractivity contribution in [1.29, 1.82) is 0 Å². The summed E-state index contributed by atoms with van der Waals surface area (Å²) in [5, 5.41) is 6.93. The van der Waals surface area contributed by atoms with Crippen LogP contribution in [0, 0.1) is 0 Å². The lowest BCUT2D eigenvalue weighted by Gasteiger charge is -2.14. The molecule has 0 spiro atoms. The Morgan fingerprint density at radius 2 is 1.04 bits per heavy atom. The van der Waals surface area contributed by atoms with Gasteiger partial charge in [-0.1, -0.05) is 121 Å². The van der Waals surface area contributed by atoms with Crippen LogP contribution >= 0.6 is 11.3 Å². The van der Waals surface area contributed by atoms with E-state index in [2.05, 4.69) is 95.6 Å². The molecule has 11 aromatic rings. The smallest absolute Gasteiger partial charge is 0.164 e. The van der Waals surface area contributed by atoms with Crippen molar-refractivity contribution in [3.05, 3.63) is 158 Å². The standard InChI is InChI=1S/C45H26N4OS/c1-3-13-27(14-4-1)43-46-44(28-15-5-2-6-16-28)48-45(47-43)29-25-36(40-34-19-9-12-22-38(34)51-39(40)26-29)49-35-20-10-7-17-30(35)32-23-24-33-31-18-8-11-21-37(31)50-42(33)41(32)49/h1-26H. The van der Waals surface area contributed by atoms with Gasteiger partial charge in [0.25, 0.3) is 0 Å². The van der Waals surface area contributed by atoms with Crippen LogP contribution in [0.4, 0.5) is 0 Å². The summed E-state index contributed by atoms with van der Waals surface area (Å²) in [6, 6.07) is 54.8. The van der Waals surface area contributed by atoms with E-state index in [0.717, 1.165) is 65.4 Å². The molecule has 6 heteroatoms. The van der Waals surface area contributed by atoms with Crippen LogP contribution in [0.25, 0.3) is 104 Å². The van der Waals surface area contributed by atoms with Crippen LogP contribution in [-0.2, 0) is 0 Å². The molecular weight excluding hydrogens is 645 g/mol. The number of hydrogen-bond donors (Lipinski definition) is 0. The summed E-state index contributed by atoms with van der Waals surface area (Å²) in [4.78, 5) is 15.2. The number of rotatable bonds is 4. The third-order valence-corrected chi connectivity index (χ3v) is 11.0. The van der Waals surface area contributed by atoms with Gasteiger partial charge in [-0.15, -0.1) is 11.3 Å². The van der Waals surface area contributed by atoms with Crippen LogP contribution in [0.5, 0.6) is 0 Å². The predicted octanol–water partition coefficient (Wildman–Crippen LogP) is 12.2. The monoisotopic (exact) mass is 670 g/mol. The van der Waals surface area contributed by atoms with E-state index in [1.54, 1.807) is 11.3 Å². The van der Waals surface area contributed by atoms with E-state index in [1.807, 2.05) is 66.7 Å². The van der Waals surface area contributed by atoms with Crippen LogP contribution in [0.1, 0.15) is 0 Å². The Morgan fingerprint density at radius 3 is 1.78 bits per heavy atom. The topological polar surface area (TPSA) is 56.7 Å². The minimum absolute atomic E-state index is 0.623. The second-order valence-electron chi connectivity index (χ2n) is 12.8.